The summed E-state index contributed by atoms with van der Waals surface area (Å²) in [6.45, 7) is 5.84. The zero-order chi connectivity index (χ0) is 16.2. The number of aliphatic hydroxyl groups excluding tert-OH is 1. The topological polar surface area (TPSA) is 74.2 Å². The summed E-state index contributed by atoms with van der Waals surface area (Å²) in [5, 5.41) is 16.6. The Morgan fingerprint density at radius 3 is 2.73 bits per heavy atom. The Labute approximate surface area is 136 Å². The van der Waals surface area contributed by atoms with Gasteiger partial charge >= 0.3 is 6.03 Å². The van der Waals surface area contributed by atoms with Crippen LogP contribution in [0.5, 0.6) is 0 Å². The molecule has 0 spiro atoms. The van der Waals surface area contributed by atoms with Gasteiger partial charge < -0.3 is 15.7 Å². The molecule has 0 radical (unpaired) electrons. The van der Waals surface area contributed by atoms with Gasteiger partial charge in [-0.15, -0.1) is 11.3 Å². The van der Waals surface area contributed by atoms with Crippen LogP contribution in [0, 0.1) is 12.8 Å². The Bertz CT molecular complexity index is 499. The van der Waals surface area contributed by atoms with Crippen LogP contribution < -0.4 is 10.6 Å². The summed E-state index contributed by atoms with van der Waals surface area (Å²) in [6, 6.07) is -0.365. The molecule has 0 bridgehead atoms. The van der Waals surface area contributed by atoms with Crippen molar-refractivity contribution in [2.75, 3.05) is 6.61 Å². The summed E-state index contributed by atoms with van der Waals surface area (Å²) in [6.07, 6.45) is 7.56. The van der Waals surface area contributed by atoms with Crippen LogP contribution >= 0.6 is 11.3 Å². The molecule has 2 amide bonds. The molecule has 1 aliphatic rings. The summed E-state index contributed by atoms with van der Waals surface area (Å²) in [7, 11) is 0. The van der Waals surface area contributed by atoms with E-state index in [-0.39, 0.29) is 18.7 Å². The lowest BCUT2D eigenvalue weighted by atomic mass is 9.76. The van der Waals surface area contributed by atoms with Gasteiger partial charge in [-0.1, -0.05) is 19.3 Å². The van der Waals surface area contributed by atoms with E-state index in [9.17, 15) is 9.90 Å². The van der Waals surface area contributed by atoms with Crippen molar-refractivity contribution in [2.24, 2.45) is 5.92 Å². The molecule has 6 heteroatoms. The van der Waals surface area contributed by atoms with E-state index in [0.717, 1.165) is 22.7 Å². The van der Waals surface area contributed by atoms with Gasteiger partial charge in [0.05, 0.1) is 18.2 Å². The van der Waals surface area contributed by atoms with Crippen molar-refractivity contribution in [3.8, 4) is 0 Å². The van der Waals surface area contributed by atoms with Crippen LogP contribution in [0.25, 0.3) is 0 Å². The number of aromatic nitrogens is 1. The molecule has 1 heterocycles. The predicted molar refractivity (Wildman–Crippen MR) is 89.0 cm³/mol. The molecular formula is C16H27N3O2S. The van der Waals surface area contributed by atoms with Crippen LogP contribution in [0.15, 0.2) is 6.20 Å². The van der Waals surface area contributed by atoms with E-state index < -0.39 is 5.54 Å². The molecular weight excluding hydrogens is 298 g/mol. The average molecular weight is 325 g/mol. The SMILES string of the molecule is Cc1cnc([C@H](C)NC(=O)N[C@](C)(CO)C2CCCCC2)s1. The van der Waals surface area contributed by atoms with Gasteiger partial charge in [0, 0.05) is 11.1 Å². The fourth-order valence-electron chi connectivity index (χ4n) is 3.14. The van der Waals surface area contributed by atoms with Gasteiger partial charge in [0.15, 0.2) is 0 Å². The predicted octanol–water partition coefficient (Wildman–Crippen LogP) is 3.14. The zero-order valence-corrected chi connectivity index (χ0v) is 14.5. The van der Waals surface area contributed by atoms with E-state index in [1.54, 1.807) is 11.3 Å². The molecule has 1 aromatic rings. The number of carbonyl (C=O) groups excluding carboxylic acids is 1. The second kappa shape index (κ2) is 7.42. The first-order valence-corrected chi connectivity index (χ1v) is 8.88. The summed E-state index contributed by atoms with van der Waals surface area (Å²) >= 11 is 1.59. The third-order valence-corrected chi connectivity index (χ3v) is 5.69. The highest BCUT2D eigenvalue weighted by Crippen LogP contribution is 2.32. The minimum absolute atomic E-state index is 0.0319. The molecule has 0 aliphatic heterocycles. The van der Waals surface area contributed by atoms with Crippen LogP contribution in [0.4, 0.5) is 4.79 Å². The van der Waals surface area contributed by atoms with Crippen LogP contribution in [0.2, 0.25) is 0 Å². The Morgan fingerprint density at radius 2 is 2.18 bits per heavy atom. The molecule has 124 valence electrons. The van der Waals surface area contributed by atoms with Crippen molar-refractivity contribution >= 4 is 17.4 Å². The van der Waals surface area contributed by atoms with Crippen molar-refractivity contribution in [1.82, 2.24) is 15.6 Å². The van der Waals surface area contributed by atoms with Gasteiger partial charge in [0.25, 0.3) is 0 Å². The monoisotopic (exact) mass is 325 g/mol. The van der Waals surface area contributed by atoms with Gasteiger partial charge in [0.2, 0.25) is 0 Å². The maximum atomic E-state index is 12.3. The number of nitrogens with one attached hydrogen (secondary N) is 2. The van der Waals surface area contributed by atoms with E-state index in [1.165, 1.54) is 19.3 Å². The molecule has 0 aromatic carbocycles. The van der Waals surface area contributed by atoms with Crippen LogP contribution in [0.1, 0.15) is 61.9 Å². The van der Waals surface area contributed by atoms with Gasteiger partial charge in [-0.2, -0.15) is 0 Å². The number of aliphatic hydroxyl groups is 1. The maximum absolute atomic E-state index is 12.3. The molecule has 0 saturated heterocycles. The smallest absolute Gasteiger partial charge is 0.315 e. The molecule has 1 saturated carbocycles. The summed E-state index contributed by atoms with van der Waals surface area (Å²) in [4.78, 5) is 17.7. The fourth-order valence-corrected chi connectivity index (χ4v) is 3.91. The van der Waals surface area contributed by atoms with Crippen molar-refractivity contribution < 1.29 is 9.90 Å². The molecule has 3 N–H and O–H groups in total. The molecule has 2 atom stereocenters. The number of nitrogens with zero attached hydrogens (tertiary/aromatic N) is 1. The lowest BCUT2D eigenvalue weighted by Gasteiger charge is -2.39. The normalized spacial score (nSPS) is 20.2. The second-order valence-corrected chi connectivity index (χ2v) is 7.81. The number of carbonyl (C=O) groups is 1. The van der Waals surface area contributed by atoms with Crippen molar-refractivity contribution in [3.63, 3.8) is 0 Å². The highest BCUT2D eigenvalue weighted by atomic mass is 32.1. The standard InChI is InChI=1S/C16H27N3O2S/c1-11-9-17-14(22-11)12(2)18-15(21)19-16(3,10-20)13-7-5-4-6-8-13/h9,12-13,20H,4-8,10H2,1-3H3,(H2,18,19,21)/t12-,16+/m0/s1. The second-order valence-electron chi connectivity index (χ2n) is 6.54. The first-order chi connectivity index (χ1) is 10.4. The van der Waals surface area contributed by atoms with Gasteiger partial charge in [0.1, 0.15) is 5.01 Å². The van der Waals surface area contributed by atoms with Crippen LogP contribution in [0.3, 0.4) is 0 Å². The Morgan fingerprint density at radius 1 is 1.50 bits per heavy atom. The maximum Gasteiger partial charge on any atom is 0.315 e. The lowest BCUT2D eigenvalue weighted by molar-refractivity contribution is 0.101. The van der Waals surface area contributed by atoms with E-state index in [2.05, 4.69) is 15.6 Å². The molecule has 1 fully saturated rings. The molecule has 1 aromatic heterocycles. The summed E-state index contributed by atoms with van der Waals surface area (Å²) in [5.74, 6) is 0.342. The Kier molecular flexibility index (Phi) is 5.81. The number of rotatable bonds is 5. The Balaban J connectivity index is 1.93. The molecule has 2 rings (SSSR count). The third kappa shape index (κ3) is 4.20. The van der Waals surface area contributed by atoms with E-state index >= 15 is 0 Å². The number of amides is 2. The molecule has 22 heavy (non-hydrogen) atoms. The largest absolute Gasteiger partial charge is 0.394 e. The summed E-state index contributed by atoms with van der Waals surface area (Å²) < 4.78 is 0. The van der Waals surface area contributed by atoms with E-state index in [0.29, 0.717) is 5.92 Å². The van der Waals surface area contributed by atoms with Gasteiger partial charge in [-0.3, -0.25) is 0 Å². The molecule has 0 unspecified atom stereocenters. The van der Waals surface area contributed by atoms with Crippen LogP contribution in [-0.2, 0) is 0 Å². The lowest BCUT2D eigenvalue weighted by Crippen LogP contribution is -2.57. The van der Waals surface area contributed by atoms with E-state index in [1.807, 2.05) is 27.0 Å². The number of hydrogen-bond acceptors (Lipinski definition) is 4. The number of thiazole rings is 1. The summed E-state index contributed by atoms with van der Waals surface area (Å²) in [5.41, 5.74) is -0.553. The van der Waals surface area contributed by atoms with Crippen molar-refractivity contribution in [1.29, 1.82) is 0 Å². The van der Waals surface area contributed by atoms with Crippen molar-refractivity contribution in [2.45, 2.75) is 64.5 Å². The minimum Gasteiger partial charge on any atom is -0.394 e. The fraction of sp³-hybridized carbons (Fsp3) is 0.750. The van der Waals surface area contributed by atoms with Crippen molar-refractivity contribution in [3.05, 3.63) is 16.1 Å². The third-order valence-electron chi connectivity index (χ3n) is 4.59. The van der Waals surface area contributed by atoms with Gasteiger partial charge in [-0.05, 0) is 39.5 Å². The number of aryl methyl sites for hydroxylation is 1. The number of urea groups is 1. The number of hydrogen-bond donors (Lipinski definition) is 3. The van der Waals surface area contributed by atoms with E-state index in [4.69, 9.17) is 0 Å². The Hall–Kier alpha value is -1.14. The van der Waals surface area contributed by atoms with Gasteiger partial charge in [-0.25, -0.2) is 9.78 Å². The quantitative estimate of drug-likeness (QED) is 0.778. The minimum atomic E-state index is -0.553. The highest BCUT2D eigenvalue weighted by Gasteiger charge is 2.36. The highest BCUT2D eigenvalue weighted by molar-refractivity contribution is 7.11. The first kappa shape index (κ1) is 17.2. The average Bonchev–Trinajstić information content (AvgIpc) is 2.94. The van der Waals surface area contributed by atoms with Crippen LogP contribution in [-0.4, -0.2) is 28.3 Å². The first-order valence-electron chi connectivity index (χ1n) is 8.06. The zero-order valence-electron chi connectivity index (χ0n) is 13.7. The molecule has 5 nitrogen and oxygen atoms in total. The molecule has 1 aliphatic carbocycles.